The zero-order chi connectivity index (χ0) is 12.8. The molecule has 0 saturated heterocycles. The van der Waals surface area contributed by atoms with Crippen LogP contribution in [0.5, 0.6) is 0 Å². The molecule has 0 aromatic heterocycles. The van der Waals surface area contributed by atoms with Gasteiger partial charge in [0.1, 0.15) is 0 Å². The number of hydrogen-bond acceptors (Lipinski definition) is 4. The molecule has 3 amide bonds. The van der Waals surface area contributed by atoms with Gasteiger partial charge in [0, 0.05) is 18.5 Å². The predicted octanol–water partition coefficient (Wildman–Crippen LogP) is -1.60. The van der Waals surface area contributed by atoms with Crippen LogP contribution < -0.4 is 21.9 Å². The number of rotatable bonds is 3. The highest BCUT2D eigenvalue weighted by Crippen LogP contribution is 1.98. The molecule has 0 aliphatic carbocycles. The summed E-state index contributed by atoms with van der Waals surface area (Å²) in [6, 6.07) is 0. The van der Waals surface area contributed by atoms with Crippen LogP contribution in [0.2, 0.25) is 0 Å². The van der Waals surface area contributed by atoms with Gasteiger partial charge in [0.15, 0.2) is 0 Å². The monoisotopic (exact) mass is 230 g/mol. The van der Waals surface area contributed by atoms with Gasteiger partial charge < -0.3 is 10.6 Å². The molecule has 5 N–H and O–H groups in total. The van der Waals surface area contributed by atoms with Crippen molar-refractivity contribution in [3.05, 3.63) is 0 Å². The Morgan fingerprint density at radius 2 is 1.69 bits per heavy atom. The van der Waals surface area contributed by atoms with Gasteiger partial charge in [-0.15, -0.1) is 0 Å². The van der Waals surface area contributed by atoms with E-state index < -0.39 is 11.8 Å². The van der Waals surface area contributed by atoms with Gasteiger partial charge in [-0.1, -0.05) is 0 Å². The second kappa shape index (κ2) is 6.06. The van der Waals surface area contributed by atoms with Crippen molar-refractivity contribution in [2.75, 3.05) is 6.54 Å². The molecule has 7 nitrogen and oxygen atoms in total. The van der Waals surface area contributed by atoms with E-state index in [2.05, 4.69) is 10.6 Å². The van der Waals surface area contributed by atoms with E-state index in [1.54, 1.807) is 5.43 Å². The summed E-state index contributed by atoms with van der Waals surface area (Å²) in [7, 11) is 0. The van der Waals surface area contributed by atoms with E-state index in [4.69, 9.17) is 5.84 Å². The topological polar surface area (TPSA) is 113 Å². The molecule has 0 fully saturated rings. The van der Waals surface area contributed by atoms with Crippen molar-refractivity contribution in [3.63, 3.8) is 0 Å². The van der Waals surface area contributed by atoms with Gasteiger partial charge in [0.25, 0.3) is 0 Å². The molecule has 0 saturated carbocycles. The standard InChI is InChI=1S/C9H18N4O3/c1-9(2,3)12-6(14)4-5-11-7(15)8(16)13-10/h4-5,10H2,1-3H3,(H,11,15)(H,12,14)(H,13,16). The quantitative estimate of drug-likeness (QED) is 0.202. The normalized spacial score (nSPS) is 10.5. The van der Waals surface area contributed by atoms with Crippen LogP contribution in [0.3, 0.4) is 0 Å². The fourth-order valence-electron chi connectivity index (χ4n) is 0.916. The maximum Gasteiger partial charge on any atom is 0.323 e. The number of amides is 3. The zero-order valence-electron chi connectivity index (χ0n) is 9.72. The lowest BCUT2D eigenvalue weighted by atomic mass is 10.1. The summed E-state index contributed by atoms with van der Waals surface area (Å²) < 4.78 is 0. The summed E-state index contributed by atoms with van der Waals surface area (Å²) >= 11 is 0. The third-order valence-corrected chi connectivity index (χ3v) is 1.49. The Morgan fingerprint density at radius 3 is 2.12 bits per heavy atom. The van der Waals surface area contributed by atoms with Crippen LogP contribution in [-0.4, -0.2) is 29.8 Å². The third-order valence-electron chi connectivity index (χ3n) is 1.49. The highest BCUT2D eigenvalue weighted by atomic mass is 16.2. The molecule has 0 spiro atoms. The van der Waals surface area contributed by atoms with E-state index >= 15 is 0 Å². The first kappa shape index (κ1) is 14.4. The summed E-state index contributed by atoms with van der Waals surface area (Å²) in [5, 5.41) is 4.98. The first-order valence-corrected chi connectivity index (χ1v) is 4.86. The lowest BCUT2D eigenvalue weighted by Gasteiger charge is -2.20. The SMILES string of the molecule is CC(C)(C)NC(=O)CCNC(=O)C(=O)NN. The maximum absolute atomic E-state index is 11.3. The van der Waals surface area contributed by atoms with Crippen molar-refractivity contribution in [1.82, 2.24) is 16.1 Å². The van der Waals surface area contributed by atoms with Crippen molar-refractivity contribution >= 4 is 17.7 Å². The molecule has 0 unspecified atom stereocenters. The second-order valence-electron chi connectivity index (χ2n) is 4.28. The molecule has 16 heavy (non-hydrogen) atoms. The highest BCUT2D eigenvalue weighted by Gasteiger charge is 2.15. The summed E-state index contributed by atoms with van der Waals surface area (Å²) in [6.07, 6.45) is 0.112. The molecule has 0 aromatic carbocycles. The molecule has 0 aliphatic rings. The molecule has 0 rings (SSSR count). The smallest absolute Gasteiger partial charge is 0.323 e. The van der Waals surface area contributed by atoms with Crippen LogP contribution in [0, 0.1) is 0 Å². The number of carbonyl (C=O) groups is 3. The fourth-order valence-corrected chi connectivity index (χ4v) is 0.916. The van der Waals surface area contributed by atoms with Crippen LogP contribution >= 0.6 is 0 Å². The summed E-state index contributed by atoms with van der Waals surface area (Å²) in [6.45, 7) is 5.65. The minimum absolute atomic E-state index is 0.0914. The van der Waals surface area contributed by atoms with E-state index in [0.717, 1.165) is 0 Å². The van der Waals surface area contributed by atoms with E-state index in [1.807, 2.05) is 20.8 Å². The Labute approximate surface area is 94.1 Å². The Hall–Kier alpha value is -1.63. The third kappa shape index (κ3) is 6.77. The molecular formula is C9H18N4O3. The lowest BCUT2D eigenvalue weighted by molar-refractivity contribution is -0.139. The minimum Gasteiger partial charge on any atom is -0.351 e. The van der Waals surface area contributed by atoms with Gasteiger partial charge in [0.05, 0.1) is 0 Å². The minimum atomic E-state index is -0.934. The summed E-state index contributed by atoms with van der Waals surface area (Å²) in [5.41, 5.74) is 1.38. The fraction of sp³-hybridized carbons (Fsp3) is 0.667. The van der Waals surface area contributed by atoms with Gasteiger partial charge in [-0.05, 0) is 20.8 Å². The molecular weight excluding hydrogens is 212 g/mol. The van der Waals surface area contributed by atoms with Gasteiger partial charge in [-0.25, -0.2) is 5.84 Å². The van der Waals surface area contributed by atoms with E-state index in [1.165, 1.54) is 0 Å². The van der Waals surface area contributed by atoms with Crippen molar-refractivity contribution in [1.29, 1.82) is 0 Å². The second-order valence-corrected chi connectivity index (χ2v) is 4.28. The van der Waals surface area contributed by atoms with Crippen molar-refractivity contribution in [2.45, 2.75) is 32.7 Å². The van der Waals surface area contributed by atoms with Crippen molar-refractivity contribution in [2.24, 2.45) is 5.84 Å². The predicted molar refractivity (Wildman–Crippen MR) is 57.9 cm³/mol. The first-order chi connectivity index (χ1) is 7.26. The number of carbonyl (C=O) groups excluding carboxylic acids is 3. The largest absolute Gasteiger partial charge is 0.351 e. The van der Waals surface area contributed by atoms with Gasteiger partial charge in [0.2, 0.25) is 5.91 Å². The Bertz CT molecular complexity index is 283. The average molecular weight is 230 g/mol. The molecule has 92 valence electrons. The number of nitrogens with one attached hydrogen (secondary N) is 3. The maximum atomic E-state index is 11.3. The van der Waals surface area contributed by atoms with Gasteiger partial charge in [-0.2, -0.15) is 0 Å². The van der Waals surface area contributed by atoms with Crippen LogP contribution in [0.4, 0.5) is 0 Å². The van der Waals surface area contributed by atoms with Crippen LogP contribution in [0.15, 0.2) is 0 Å². The van der Waals surface area contributed by atoms with Gasteiger partial charge >= 0.3 is 11.8 Å². The zero-order valence-corrected chi connectivity index (χ0v) is 9.72. The van der Waals surface area contributed by atoms with E-state index in [9.17, 15) is 14.4 Å². The number of hydrogen-bond donors (Lipinski definition) is 4. The van der Waals surface area contributed by atoms with Crippen molar-refractivity contribution in [3.8, 4) is 0 Å². The van der Waals surface area contributed by atoms with E-state index in [-0.39, 0.29) is 24.4 Å². The summed E-state index contributed by atoms with van der Waals surface area (Å²) in [4.78, 5) is 32.9. The Balaban J connectivity index is 3.79. The Kier molecular flexibility index (Phi) is 5.44. The number of hydrazine groups is 1. The lowest BCUT2D eigenvalue weighted by Crippen LogP contribution is -2.45. The van der Waals surface area contributed by atoms with Gasteiger partial charge in [-0.3, -0.25) is 19.8 Å². The van der Waals surface area contributed by atoms with Crippen molar-refractivity contribution < 1.29 is 14.4 Å². The average Bonchev–Trinajstić information content (AvgIpc) is 2.13. The molecule has 7 heteroatoms. The van der Waals surface area contributed by atoms with Crippen LogP contribution in [-0.2, 0) is 14.4 Å². The first-order valence-electron chi connectivity index (χ1n) is 4.86. The molecule has 0 radical (unpaired) electrons. The molecule has 0 bridgehead atoms. The summed E-state index contributed by atoms with van der Waals surface area (Å²) in [5.74, 6) is 2.76. The highest BCUT2D eigenvalue weighted by molar-refractivity contribution is 6.34. The Morgan fingerprint density at radius 1 is 1.12 bits per heavy atom. The molecule has 0 aromatic rings. The van der Waals surface area contributed by atoms with E-state index in [0.29, 0.717) is 0 Å². The van der Waals surface area contributed by atoms with Crippen LogP contribution in [0.1, 0.15) is 27.2 Å². The molecule has 0 atom stereocenters. The molecule has 0 heterocycles. The molecule has 0 aliphatic heterocycles. The number of nitrogens with two attached hydrogens (primary N) is 1. The van der Waals surface area contributed by atoms with Crippen LogP contribution in [0.25, 0.3) is 0 Å².